The number of ether oxygens (including phenoxy) is 1. The van der Waals surface area contributed by atoms with Crippen LogP contribution in [0.2, 0.25) is 0 Å². The monoisotopic (exact) mass is 411 g/mol. The topological polar surface area (TPSA) is 56.2 Å². The summed E-state index contributed by atoms with van der Waals surface area (Å²) >= 11 is 0. The molecule has 1 amide bonds. The second kappa shape index (κ2) is 8.29. The number of nitrogens with zero attached hydrogens (tertiary/aromatic N) is 2. The summed E-state index contributed by atoms with van der Waals surface area (Å²) in [5.74, 6) is -0.846. The van der Waals surface area contributed by atoms with E-state index in [0.29, 0.717) is 11.3 Å². The van der Waals surface area contributed by atoms with E-state index in [-0.39, 0.29) is 17.9 Å². The smallest absolute Gasteiger partial charge is 0.434 e. The van der Waals surface area contributed by atoms with Gasteiger partial charge in [-0.3, -0.25) is 4.79 Å². The van der Waals surface area contributed by atoms with Gasteiger partial charge in [-0.05, 0) is 35.9 Å². The van der Waals surface area contributed by atoms with Gasteiger partial charge in [-0.15, -0.1) is 0 Å². The lowest BCUT2D eigenvalue weighted by atomic mass is 10.1. The fourth-order valence-electron chi connectivity index (χ4n) is 2.52. The first kappa shape index (κ1) is 20.3. The van der Waals surface area contributed by atoms with E-state index in [1.807, 2.05) is 0 Å². The minimum atomic E-state index is -4.53. The summed E-state index contributed by atoms with van der Waals surface area (Å²) in [7, 11) is 0. The van der Waals surface area contributed by atoms with Crippen molar-refractivity contribution in [3.8, 4) is 11.4 Å². The first-order valence-electron chi connectivity index (χ1n) is 8.28. The van der Waals surface area contributed by atoms with Gasteiger partial charge < -0.3 is 10.1 Å². The molecule has 0 aliphatic rings. The molecule has 3 aromatic rings. The lowest BCUT2D eigenvalue weighted by Gasteiger charge is -2.11. The van der Waals surface area contributed by atoms with Crippen molar-refractivity contribution in [2.24, 2.45) is 0 Å². The molecule has 1 aromatic heterocycles. The Morgan fingerprint density at radius 3 is 2.38 bits per heavy atom. The minimum absolute atomic E-state index is 0.0411. The molecule has 0 spiro atoms. The van der Waals surface area contributed by atoms with Crippen LogP contribution in [-0.4, -0.2) is 22.3 Å². The maximum Gasteiger partial charge on any atom is 0.435 e. The lowest BCUT2D eigenvalue weighted by molar-refractivity contribution is -0.141. The molecule has 0 radical (unpaired) electrons. The Morgan fingerprint density at radius 1 is 1.07 bits per heavy atom. The second-order valence-corrected chi connectivity index (χ2v) is 5.87. The van der Waals surface area contributed by atoms with Crippen molar-refractivity contribution in [2.45, 2.75) is 19.3 Å². The van der Waals surface area contributed by atoms with Crippen LogP contribution in [0.5, 0.6) is 5.75 Å². The minimum Gasteiger partial charge on any atom is -0.434 e. The molecule has 0 saturated heterocycles. The van der Waals surface area contributed by atoms with Crippen molar-refractivity contribution < 1.29 is 31.5 Å². The first-order valence-corrected chi connectivity index (χ1v) is 8.28. The summed E-state index contributed by atoms with van der Waals surface area (Å²) < 4.78 is 68.2. The summed E-state index contributed by atoms with van der Waals surface area (Å²) in [4.78, 5) is 12.2. The van der Waals surface area contributed by atoms with E-state index < -0.39 is 24.4 Å². The first-order chi connectivity index (χ1) is 13.7. The van der Waals surface area contributed by atoms with Crippen molar-refractivity contribution in [1.29, 1.82) is 0 Å². The zero-order chi connectivity index (χ0) is 21.0. The van der Waals surface area contributed by atoms with Gasteiger partial charge in [-0.25, -0.2) is 4.68 Å². The van der Waals surface area contributed by atoms with E-state index >= 15 is 0 Å². The zero-order valence-corrected chi connectivity index (χ0v) is 14.7. The van der Waals surface area contributed by atoms with Crippen molar-refractivity contribution in [3.05, 3.63) is 77.6 Å². The summed E-state index contributed by atoms with van der Waals surface area (Å²) in [6, 6.07) is 12.8. The summed E-state index contributed by atoms with van der Waals surface area (Å²) in [5.41, 5.74) is 0.0166. The second-order valence-electron chi connectivity index (χ2n) is 5.87. The van der Waals surface area contributed by atoms with Crippen LogP contribution < -0.4 is 10.1 Å². The third kappa shape index (κ3) is 5.09. The highest BCUT2D eigenvalue weighted by Gasteiger charge is 2.33. The number of carbonyl (C=O) groups excluding carboxylic acids is 1. The quantitative estimate of drug-likeness (QED) is 0.611. The summed E-state index contributed by atoms with van der Waals surface area (Å²) in [6.45, 7) is -2.98. The van der Waals surface area contributed by atoms with Crippen molar-refractivity contribution >= 4 is 5.91 Å². The number of nitrogens with one attached hydrogen (secondary N) is 1. The fraction of sp³-hybridized carbons (Fsp3) is 0.158. The molecule has 29 heavy (non-hydrogen) atoms. The number of halogens is 5. The van der Waals surface area contributed by atoms with Gasteiger partial charge in [0.2, 0.25) is 0 Å². The Balaban J connectivity index is 1.65. The lowest BCUT2D eigenvalue weighted by Crippen LogP contribution is -2.23. The Morgan fingerprint density at radius 2 is 1.76 bits per heavy atom. The van der Waals surface area contributed by atoms with Gasteiger partial charge in [-0.2, -0.15) is 27.1 Å². The average molecular weight is 411 g/mol. The van der Waals surface area contributed by atoms with E-state index in [1.54, 1.807) is 24.3 Å². The number of alkyl halides is 5. The van der Waals surface area contributed by atoms with Crippen molar-refractivity contribution in [2.75, 3.05) is 0 Å². The highest BCUT2D eigenvalue weighted by atomic mass is 19.4. The Hall–Kier alpha value is -3.43. The van der Waals surface area contributed by atoms with Crippen LogP contribution in [0.1, 0.15) is 21.6 Å². The zero-order valence-electron chi connectivity index (χ0n) is 14.7. The van der Waals surface area contributed by atoms with Crippen LogP contribution in [0.4, 0.5) is 22.0 Å². The highest BCUT2D eigenvalue weighted by Crippen LogP contribution is 2.28. The number of carbonyl (C=O) groups is 1. The molecule has 152 valence electrons. The van der Waals surface area contributed by atoms with Gasteiger partial charge in [0.15, 0.2) is 5.69 Å². The van der Waals surface area contributed by atoms with Gasteiger partial charge >= 0.3 is 12.8 Å². The Labute approximate surface area is 161 Å². The predicted octanol–water partition coefficient (Wildman–Crippen LogP) is 4.42. The molecule has 5 nitrogen and oxygen atoms in total. The fourth-order valence-corrected chi connectivity index (χ4v) is 2.52. The molecule has 10 heteroatoms. The number of hydrogen-bond donors (Lipinski definition) is 1. The SMILES string of the molecule is O=C(NCc1ccc(-n2ccc(C(F)(F)F)n2)cc1)c1ccccc1OC(F)F. The summed E-state index contributed by atoms with van der Waals surface area (Å²) in [5, 5.41) is 6.05. The van der Waals surface area contributed by atoms with Crippen LogP contribution in [0.3, 0.4) is 0 Å². The number of para-hydroxylation sites is 1. The van der Waals surface area contributed by atoms with E-state index in [0.717, 1.165) is 10.7 Å². The molecule has 0 unspecified atom stereocenters. The average Bonchev–Trinajstić information content (AvgIpc) is 3.17. The molecule has 1 heterocycles. The maximum atomic E-state index is 12.6. The number of aromatic nitrogens is 2. The molecule has 0 atom stereocenters. The third-order valence-electron chi connectivity index (χ3n) is 3.88. The molecule has 0 fully saturated rings. The maximum absolute atomic E-state index is 12.6. The van der Waals surface area contributed by atoms with Crippen LogP contribution in [-0.2, 0) is 12.7 Å². The highest BCUT2D eigenvalue weighted by molar-refractivity contribution is 5.96. The number of hydrogen-bond acceptors (Lipinski definition) is 3. The van der Waals surface area contributed by atoms with Gasteiger partial charge in [0.05, 0.1) is 11.3 Å². The molecule has 0 aliphatic heterocycles. The predicted molar refractivity (Wildman–Crippen MR) is 92.8 cm³/mol. The molecular formula is C19H14F5N3O2. The molecule has 2 aromatic carbocycles. The molecular weight excluding hydrogens is 397 g/mol. The number of rotatable bonds is 6. The largest absolute Gasteiger partial charge is 0.435 e. The van der Waals surface area contributed by atoms with Gasteiger partial charge in [-0.1, -0.05) is 24.3 Å². The van der Waals surface area contributed by atoms with Gasteiger partial charge in [0.1, 0.15) is 5.75 Å². The van der Waals surface area contributed by atoms with Crippen molar-refractivity contribution in [1.82, 2.24) is 15.1 Å². The Kier molecular flexibility index (Phi) is 5.81. The van der Waals surface area contributed by atoms with E-state index in [1.165, 1.54) is 30.5 Å². The third-order valence-corrected chi connectivity index (χ3v) is 3.88. The van der Waals surface area contributed by atoms with E-state index in [2.05, 4.69) is 15.2 Å². The van der Waals surface area contributed by atoms with Gasteiger partial charge in [0, 0.05) is 12.7 Å². The Bertz CT molecular complexity index is 984. The van der Waals surface area contributed by atoms with Crippen LogP contribution in [0, 0.1) is 0 Å². The molecule has 3 rings (SSSR count). The van der Waals surface area contributed by atoms with E-state index in [4.69, 9.17) is 0 Å². The standard InChI is InChI=1S/C19H14F5N3O2/c20-18(21)29-15-4-2-1-3-14(15)17(28)25-11-12-5-7-13(8-6-12)27-10-9-16(26-27)19(22,23)24/h1-10,18H,11H2,(H,25,28). The molecule has 0 saturated carbocycles. The summed E-state index contributed by atoms with van der Waals surface area (Å²) in [6.07, 6.45) is -3.33. The van der Waals surface area contributed by atoms with Crippen LogP contribution >= 0.6 is 0 Å². The molecule has 1 N–H and O–H groups in total. The number of benzene rings is 2. The number of amides is 1. The van der Waals surface area contributed by atoms with Gasteiger partial charge in [0.25, 0.3) is 5.91 Å². The molecule has 0 aliphatic carbocycles. The van der Waals surface area contributed by atoms with Crippen LogP contribution in [0.25, 0.3) is 5.69 Å². The molecule has 0 bridgehead atoms. The van der Waals surface area contributed by atoms with E-state index in [9.17, 15) is 26.7 Å². The van der Waals surface area contributed by atoms with Crippen LogP contribution in [0.15, 0.2) is 60.8 Å². The van der Waals surface area contributed by atoms with Crippen molar-refractivity contribution in [3.63, 3.8) is 0 Å². The normalized spacial score (nSPS) is 11.5.